The van der Waals surface area contributed by atoms with E-state index in [1.54, 1.807) is 0 Å². The van der Waals surface area contributed by atoms with E-state index >= 15 is 0 Å². The molecule has 1 aromatic carbocycles. The van der Waals surface area contributed by atoms with E-state index < -0.39 is 0 Å². The molecule has 1 saturated carbocycles. The summed E-state index contributed by atoms with van der Waals surface area (Å²) in [6.45, 7) is 3.47. The average molecular weight is 283 g/mol. The van der Waals surface area contributed by atoms with E-state index in [0.717, 1.165) is 16.7 Å². The Labute approximate surface area is 124 Å². The van der Waals surface area contributed by atoms with Crippen LogP contribution < -0.4 is 5.32 Å². The van der Waals surface area contributed by atoms with Crippen molar-refractivity contribution in [3.05, 3.63) is 36.7 Å². The SMILES string of the molecule is C=CC(=O)Nc1ccc2c(c1)nc(C1CCCCC1)n2C. The molecule has 21 heavy (non-hydrogen) atoms. The molecule has 4 nitrogen and oxygen atoms in total. The summed E-state index contributed by atoms with van der Waals surface area (Å²) in [5.74, 6) is 1.55. The topological polar surface area (TPSA) is 46.9 Å². The van der Waals surface area contributed by atoms with Gasteiger partial charge in [-0.1, -0.05) is 25.8 Å². The highest BCUT2D eigenvalue weighted by atomic mass is 16.1. The molecule has 0 bridgehead atoms. The molecule has 4 heteroatoms. The molecule has 1 aliphatic carbocycles. The largest absolute Gasteiger partial charge is 0.331 e. The van der Waals surface area contributed by atoms with Crippen molar-refractivity contribution in [2.75, 3.05) is 5.32 Å². The summed E-state index contributed by atoms with van der Waals surface area (Å²) >= 11 is 0. The van der Waals surface area contributed by atoms with Crippen LogP contribution in [0.5, 0.6) is 0 Å². The number of imidazole rings is 1. The van der Waals surface area contributed by atoms with Crippen LogP contribution >= 0.6 is 0 Å². The summed E-state index contributed by atoms with van der Waals surface area (Å²) in [7, 11) is 2.08. The van der Waals surface area contributed by atoms with Crippen LogP contribution in [0.1, 0.15) is 43.8 Å². The Morgan fingerprint density at radius 2 is 2.14 bits per heavy atom. The van der Waals surface area contributed by atoms with Gasteiger partial charge in [0.05, 0.1) is 11.0 Å². The maximum Gasteiger partial charge on any atom is 0.247 e. The Balaban J connectivity index is 1.94. The molecule has 1 heterocycles. The number of anilines is 1. The summed E-state index contributed by atoms with van der Waals surface area (Å²) in [5, 5.41) is 2.79. The second-order valence-corrected chi connectivity index (χ2v) is 5.76. The van der Waals surface area contributed by atoms with Crippen molar-refractivity contribution in [3.8, 4) is 0 Å². The van der Waals surface area contributed by atoms with E-state index in [1.807, 2.05) is 18.2 Å². The van der Waals surface area contributed by atoms with Crippen molar-refractivity contribution in [1.29, 1.82) is 0 Å². The second kappa shape index (κ2) is 5.72. The quantitative estimate of drug-likeness (QED) is 0.872. The standard InChI is InChI=1S/C17H21N3O/c1-3-16(21)18-13-9-10-15-14(11-13)19-17(20(15)2)12-7-5-4-6-8-12/h3,9-12H,1,4-8H2,2H3,(H,18,21). The molecular formula is C17H21N3O. The highest BCUT2D eigenvalue weighted by molar-refractivity contribution is 6.00. The Bertz CT molecular complexity index is 681. The fourth-order valence-electron chi connectivity index (χ4n) is 3.22. The minimum atomic E-state index is -0.196. The molecule has 0 spiro atoms. The normalized spacial score (nSPS) is 16.0. The van der Waals surface area contributed by atoms with Gasteiger partial charge in [0.15, 0.2) is 0 Å². The number of aryl methyl sites for hydroxylation is 1. The Kier molecular flexibility index (Phi) is 3.78. The lowest BCUT2D eigenvalue weighted by Gasteiger charge is -2.20. The molecule has 0 aliphatic heterocycles. The number of carbonyl (C=O) groups excluding carboxylic acids is 1. The number of carbonyl (C=O) groups is 1. The zero-order chi connectivity index (χ0) is 14.8. The van der Waals surface area contributed by atoms with E-state index in [2.05, 4.69) is 23.5 Å². The average Bonchev–Trinajstić information content (AvgIpc) is 2.84. The van der Waals surface area contributed by atoms with Crippen molar-refractivity contribution in [3.63, 3.8) is 0 Å². The molecule has 1 aliphatic rings. The zero-order valence-electron chi connectivity index (χ0n) is 12.4. The van der Waals surface area contributed by atoms with Gasteiger partial charge in [-0.05, 0) is 37.1 Å². The Morgan fingerprint density at radius 1 is 1.38 bits per heavy atom. The van der Waals surface area contributed by atoms with Gasteiger partial charge in [0.2, 0.25) is 5.91 Å². The summed E-state index contributed by atoms with van der Waals surface area (Å²) < 4.78 is 2.20. The maximum absolute atomic E-state index is 11.4. The van der Waals surface area contributed by atoms with Gasteiger partial charge >= 0.3 is 0 Å². The number of hydrogen-bond donors (Lipinski definition) is 1. The third-order valence-corrected chi connectivity index (χ3v) is 4.34. The number of hydrogen-bond acceptors (Lipinski definition) is 2. The van der Waals surface area contributed by atoms with E-state index in [1.165, 1.54) is 44.0 Å². The van der Waals surface area contributed by atoms with Crippen molar-refractivity contribution in [2.45, 2.75) is 38.0 Å². The summed E-state index contributed by atoms with van der Waals surface area (Å²) in [6, 6.07) is 5.87. The molecule has 3 rings (SSSR count). The third kappa shape index (κ3) is 2.71. The van der Waals surface area contributed by atoms with Gasteiger partial charge in [-0.2, -0.15) is 0 Å². The van der Waals surface area contributed by atoms with Crippen LogP contribution in [0.2, 0.25) is 0 Å². The van der Waals surface area contributed by atoms with Gasteiger partial charge in [-0.15, -0.1) is 0 Å². The predicted octanol–water partition coefficient (Wildman–Crippen LogP) is 3.75. The van der Waals surface area contributed by atoms with Crippen LogP contribution in [-0.4, -0.2) is 15.5 Å². The molecule has 2 aromatic rings. The van der Waals surface area contributed by atoms with Gasteiger partial charge in [0.25, 0.3) is 0 Å². The predicted molar refractivity (Wildman–Crippen MR) is 85.4 cm³/mol. The van der Waals surface area contributed by atoms with E-state index in [9.17, 15) is 4.79 Å². The smallest absolute Gasteiger partial charge is 0.247 e. The minimum Gasteiger partial charge on any atom is -0.331 e. The van der Waals surface area contributed by atoms with E-state index in [-0.39, 0.29) is 5.91 Å². The molecule has 0 radical (unpaired) electrons. The first-order valence-electron chi connectivity index (χ1n) is 7.59. The number of amides is 1. The second-order valence-electron chi connectivity index (χ2n) is 5.76. The van der Waals surface area contributed by atoms with Gasteiger partial charge in [0.1, 0.15) is 5.82 Å². The molecule has 110 valence electrons. The van der Waals surface area contributed by atoms with E-state index in [0.29, 0.717) is 5.92 Å². The maximum atomic E-state index is 11.4. The lowest BCUT2D eigenvalue weighted by molar-refractivity contribution is -0.111. The molecule has 1 fully saturated rings. The molecule has 0 saturated heterocycles. The lowest BCUT2D eigenvalue weighted by Crippen LogP contribution is -2.10. The van der Waals surface area contributed by atoms with Gasteiger partial charge < -0.3 is 9.88 Å². The van der Waals surface area contributed by atoms with Gasteiger partial charge in [-0.3, -0.25) is 4.79 Å². The van der Waals surface area contributed by atoms with Crippen LogP contribution in [-0.2, 0) is 11.8 Å². The number of nitrogens with one attached hydrogen (secondary N) is 1. The van der Waals surface area contributed by atoms with Crippen LogP contribution in [0.3, 0.4) is 0 Å². The summed E-state index contributed by atoms with van der Waals surface area (Å²) in [4.78, 5) is 16.2. The first-order chi connectivity index (χ1) is 10.2. The number of fused-ring (bicyclic) bond motifs is 1. The molecule has 1 amide bonds. The summed E-state index contributed by atoms with van der Waals surface area (Å²) in [5.41, 5.74) is 2.83. The molecule has 1 aromatic heterocycles. The lowest BCUT2D eigenvalue weighted by atomic mass is 9.89. The molecule has 0 atom stereocenters. The van der Waals surface area contributed by atoms with Crippen molar-refractivity contribution in [1.82, 2.24) is 9.55 Å². The van der Waals surface area contributed by atoms with Crippen LogP contribution in [0.15, 0.2) is 30.9 Å². The van der Waals surface area contributed by atoms with Crippen molar-refractivity contribution in [2.24, 2.45) is 7.05 Å². The fourth-order valence-corrected chi connectivity index (χ4v) is 3.22. The highest BCUT2D eigenvalue weighted by Crippen LogP contribution is 2.33. The number of rotatable bonds is 3. The fraction of sp³-hybridized carbons (Fsp3) is 0.412. The van der Waals surface area contributed by atoms with Crippen molar-refractivity contribution >= 4 is 22.6 Å². The Morgan fingerprint density at radius 3 is 2.86 bits per heavy atom. The molecular weight excluding hydrogens is 262 g/mol. The monoisotopic (exact) mass is 283 g/mol. The third-order valence-electron chi connectivity index (χ3n) is 4.34. The number of aromatic nitrogens is 2. The minimum absolute atomic E-state index is 0.196. The first kappa shape index (κ1) is 13.9. The van der Waals surface area contributed by atoms with Crippen molar-refractivity contribution < 1.29 is 4.79 Å². The molecule has 0 unspecified atom stereocenters. The van der Waals surface area contributed by atoms with Crippen LogP contribution in [0, 0.1) is 0 Å². The zero-order valence-corrected chi connectivity index (χ0v) is 12.4. The Hall–Kier alpha value is -2.10. The van der Waals surface area contributed by atoms with E-state index in [4.69, 9.17) is 4.98 Å². The number of nitrogens with zero attached hydrogens (tertiary/aromatic N) is 2. The first-order valence-corrected chi connectivity index (χ1v) is 7.59. The van der Waals surface area contributed by atoms with Crippen LogP contribution in [0.25, 0.3) is 11.0 Å². The highest BCUT2D eigenvalue weighted by Gasteiger charge is 2.21. The summed E-state index contributed by atoms with van der Waals surface area (Å²) in [6.07, 6.45) is 7.69. The number of benzene rings is 1. The van der Waals surface area contributed by atoms with Gasteiger partial charge in [0, 0.05) is 18.7 Å². The van der Waals surface area contributed by atoms with Crippen LogP contribution in [0.4, 0.5) is 5.69 Å². The molecule has 1 N–H and O–H groups in total. The van der Waals surface area contributed by atoms with Gasteiger partial charge in [-0.25, -0.2) is 4.98 Å².